The number of hydrogen-bond acceptors (Lipinski definition) is 5. The summed E-state index contributed by atoms with van der Waals surface area (Å²) in [5.41, 5.74) is -0.372. The van der Waals surface area contributed by atoms with Crippen LogP contribution in [0.25, 0.3) is 0 Å². The number of halogens is 3. The van der Waals surface area contributed by atoms with Crippen molar-refractivity contribution < 1.29 is 35.1 Å². The molecule has 0 spiro atoms. The molecule has 2 N–H and O–H groups in total. The van der Waals surface area contributed by atoms with E-state index in [0.717, 1.165) is 6.07 Å². The van der Waals surface area contributed by atoms with Crippen LogP contribution >= 0.6 is 0 Å². The first-order valence-corrected chi connectivity index (χ1v) is 12.7. The Morgan fingerprint density at radius 2 is 1.48 bits per heavy atom. The van der Waals surface area contributed by atoms with Gasteiger partial charge in [0.05, 0.1) is 32.4 Å². The van der Waals surface area contributed by atoms with Gasteiger partial charge in [0.15, 0.2) is 0 Å². The van der Waals surface area contributed by atoms with Gasteiger partial charge in [0.25, 0.3) is 0 Å². The number of rotatable bonds is 5. The molecular weight excluding hydrogens is 479 g/mol. The van der Waals surface area contributed by atoms with Gasteiger partial charge < -0.3 is 5.11 Å². The molecule has 0 aliphatic heterocycles. The summed E-state index contributed by atoms with van der Waals surface area (Å²) in [6, 6.07) is 14.1. The van der Waals surface area contributed by atoms with Crippen molar-refractivity contribution in [3.05, 3.63) is 89.5 Å². The minimum Gasteiger partial charge on any atom is -0.387 e. The molecule has 4 rings (SSSR count). The molecular formula is C22H18F3NO5S2. The van der Waals surface area contributed by atoms with Crippen molar-refractivity contribution in [1.29, 1.82) is 0 Å². The second kappa shape index (κ2) is 8.24. The van der Waals surface area contributed by atoms with Crippen LogP contribution < -0.4 is 4.72 Å². The second-order valence-electron chi connectivity index (χ2n) is 7.55. The van der Waals surface area contributed by atoms with Crippen molar-refractivity contribution in [3.63, 3.8) is 0 Å². The highest BCUT2D eigenvalue weighted by Gasteiger charge is 2.40. The number of alkyl halides is 3. The molecule has 1 aliphatic rings. The summed E-state index contributed by atoms with van der Waals surface area (Å²) in [5, 5.41) is 10.5. The lowest BCUT2D eigenvalue weighted by Gasteiger charge is -2.20. The quantitative estimate of drug-likeness (QED) is 0.562. The first-order valence-electron chi connectivity index (χ1n) is 9.71. The molecule has 3 aromatic carbocycles. The average Bonchev–Trinajstić information content (AvgIpc) is 3.08. The monoisotopic (exact) mass is 497 g/mol. The third-order valence-electron chi connectivity index (χ3n) is 5.41. The number of aliphatic hydroxyl groups is 1. The SMILES string of the molecule is O=S(=O)(NC1Cc2ccccc2C1O)c1cc(S(=O)(=O)c2ccccc2)ccc1C(F)(F)F. The van der Waals surface area contributed by atoms with E-state index in [1.54, 1.807) is 30.3 Å². The van der Waals surface area contributed by atoms with Crippen LogP contribution in [0.2, 0.25) is 0 Å². The van der Waals surface area contributed by atoms with Gasteiger partial charge in [-0.05, 0) is 47.9 Å². The molecule has 174 valence electrons. The lowest BCUT2D eigenvalue weighted by Crippen LogP contribution is -2.38. The standard InChI is InChI=1S/C22H18F3NO5S2/c23-22(24,25)18-11-10-16(32(28,29)15-7-2-1-3-8-15)13-20(18)33(30,31)26-19-12-14-6-4-5-9-17(14)21(19)27/h1-11,13,19,21,26-27H,12H2. The molecule has 0 heterocycles. The van der Waals surface area contributed by atoms with Crippen molar-refractivity contribution in [2.75, 3.05) is 0 Å². The highest BCUT2D eigenvalue weighted by molar-refractivity contribution is 7.91. The average molecular weight is 498 g/mol. The summed E-state index contributed by atoms with van der Waals surface area (Å²) in [7, 11) is -9.14. The normalized spacial score (nSPS) is 18.8. The summed E-state index contributed by atoms with van der Waals surface area (Å²) < 4.78 is 94.9. The van der Waals surface area contributed by atoms with Crippen LogP contribution in [0, 0.1) is 0 Å². The first-order chi connectivity index (χ1) is 15.4. The number of fused-ring (bicyclic) bond motifs is 1. The van der Waals surface area contributed by atoms with Gasteiger partial charge in [-0.1, -0.05) is 42.5 Å². The minimum absolute atomic E-state index is 0.0694. The number of aliphatic hydroxyl groups excluding tert-OH is 1. The zero-order valence-corrected chi connectivity index (χ0v) is 18.5. The van der Waals surface area contributed by atoms with Crippen molar-refractivity contribution in [3.8, 4) is 0 Å². The van der Waals surface area contributed by atoms with E-state index in [2.05, 4.69) is 4.72 Å². The third-order valence-corrected chi connectivity index (χ3v) is 8.71. The summed E-state index contributed by atoms with van der Waals surface area (Å²) >= 11 is 0. The Balaban J connectivity index is 1.77. The van der Waals surface area contributed by atoms with E-state index in [0.29, 0.717) is 23.3 Å². The van der Waals surface area contributed by atoms with E-state index in [1.165, 1.54) is 24.3 Å². The van der Waals surface area contributed by atoms with Gasteiger partial charge in [0.2, 0.25) is 19.9 Å². The molecule has 2 unspecified atom stereocenters. The number of hydrogen-bond donors (Lipinski definition) is 2. The van der Waals surface area contributed by atoms with Gasteiger partial charge in [-0.3, -0.25) is 0 Å². The Bertz CT molecular complexity index is 1410. The topological polar surface area (TPSA) is 101 Å². The molecule has 0 radical (unpaired) electrons. The van der Waals surface area contributed by atoms with Crippen LogP contribution in [0.4, 0.5) is 13.2 Å². The van der Waals surface area contributed by atoms with Gasteiger partial charge >= 0.3 is 6.18 Å². The summed E-state index contributed by atoms with van der Waals surface area (Å²) in [4.78, 5) is -2.02. The van der Waals surface area contributed by atoms with Gasteiger partial charge in [0.1, 0.15) is 0 Å². The maximum absolute atomic E-state index is 13.6. The van der Waals surface area contributed by atoms with E-state index < -0.39 is 53.5 Å². The molecule has 6 nitrogen and oxygen atoms in total. The highest BCUT2D eigenvalue weighted by Crippen LogP contribution is 2.38. The van der Waals surface area contributed by atoms with Gasteiger partial charge in [0, 0.05) is 0 Å². The molecule has 11 heteroatoms. The van der Waals surface area contributed by atoms with Crippen LogP contribution in [-0.2, 0) is 32.5 Å². The fraction of sp³-hybridized carbons (Fsp3) is 0.182. The fourth-order valence-electron chi connectivity index (χ4n) is 3.80. The zero-order chi connectivity index (χ0) is 24.0. The maximum Gasteiger partial charge on any atom is 0.417 e. The fourth-order valence-corrected chi connectivity index (χ4v) is 6.68. The molecule has 0 amide bonds. The van der Waals surface area contributed by atoms with E-state index in [9.17, 15) is 35.1 Å². The van der Waals surface area contributed by atoms with Crippen LogP contribution in [0.3, 0.4) is 0 Å². The van der Waals surface area contributed by atoms with Crippen LogP contribution in [0.5, 0.6) is 0 Å². The van der Waals surface area contributed by atoms with Crippen molar-refractivity contribution in [2.24, 2.45) is 0 Å². The maximum atomic E-state index is 13.6. The zero-order valence-electron chi connectivity index (χ0n) is 16.8. The molecule has 0 fully saturated rings. The van der Waals surface area contributed by atoms with Crippen molar-refractivity contribution in [1.82, 2.24) is 4.72 Å². The van der Waals surface area contributed by atoms with Crippen LogP contribution in [0.15, 0.2) is 87.5 Å². The minimum atomic E-state index is -5.06. The molecule has 1 aliphatic carbocycles. The van der Waals surface area contributed by atoms with E-state index in [-0.39, 0.29) is 11.3 Å². The summed E-state index contributed by atoms with van der Waals surface area (Å²) in [6.07, 6.45) is -6.25. The smallest absolute Gasteiger partial charge is 0.387 e. The summed E-state index contributed by atoms with van der Waals surface area (Å²) in [6.45, 7) is 0. The van der Waals surface area contributed by atoms with Gasteiger partial charge in [-0.25, -0.2) is 21.6 Å². The van der Waals surface area contributed by atoms with E-state index in [1.807, 2.05) is 0 Å². The number of sulfone groups is 1. The van der Waals surface area contributed by atoms with Crippen molar-refractivity contribution >= 4 is 19.9 Å². The Kier molecular flexibility index (Phi) is 5.85. The molecule has 2 atom stereocenters. The Hall–Kier alpha value is -2.73. The summed E-state index contributed by atoms with van der Waals surface area (Å²) in [5.74, 6) is 0. The van der Waals surface area contributed by atoms with Crippen LogP contribution in [0.1, 0.15) is 22.8 Å². The lowest BCUT2D eigenvalue weighted by atomic mass is 10.1. The third kappa shape index (κ3) is 4.41. The number of nitrogens with one attached hydrogen (secondary N) is 1. The predicted octanol–water partition coefficient (Wildman–Crippen LogP) is 3.47. The molecule has 0 bridgehead atoms. The molecule has 3 aromatic rings. The van der Waals surface area contributed by atoms with E-state index >= 15 is 0 Å². The van der Waals surface area contributed by atoms with Crippen molar-refractivity contribution in [2.45, 2.75) is 39.4 Å². The van der Waals surface area contributed by atoms with E-state index in [4.69, 9.17) is 0 Å². The second-order valence-corrected chi connectivity index (χ2v) is 11.2. The Labute approximate surface area is 188 Å². The van der Waals surface area contributed by atoms with Crippen LogP contribution in [-0.4, -0.2) is 28.0 Å². The lowest BCUT2D eigenvalue weighted by molar-refractivity contribution is -0.139. The molecule has 0 saturated heterocycles. The molecule has 0 saturated carbocycles. The number of sulfonamides is 1. The predicted molar refractivity (Wildman–Crippen MR) is 113 cm³/mol. The highest BCUT2D eigenvalue weighted by atomic mass is 32.2. The molecule has 33 heavy (non-hydrogen) atoms. The Morgan fingerprint density at radius 3 is 2.12 bits per heavy atom. The number of benzene rings is 3. The largest absolute Gasteiger partial charge is 0.417 e. The first kappa shape index (κ1) is 23.4. The molecule has 0 aromatic heterocycles. The Morgan fingerprint density at radius 1 is 0.848 bits per heavy atom. The van der Waals surface area contributed by atoms with Gasteiger partial charge in [-0.15, -0.1) is 0 Å². The van der Waals surface area contributed by atoms with Gasteiger partial charge in [-0.2, -0.15) is 13.2 Å².